The number of hydrogen-bond acceptors (Lipinski definition) is 3. The molecule has 2 aromatic rings. The number of nitrogens with zero attached hydrogens (tertiary/aromatic N) is 1. The first-order valence-corrected chi connectivity index (χ1v) is 10.5. The molecule has 0 spiro atoms. The standard InChI is InChI=1S/C23H32N2O2/c1-5-9-25-12-16(13-27-15(4)26)10-18-17-7-6-8-20-22(17)19(11-21(18)25)23(24-20)14(2)3/h6-8,14,16,18,21,24H,5,9-13H2,1-4H3/t16-,18-,21-/m1/s1. The number of aromatic nitrogens is 1. The summed E-state index contributed by atoms with van der Waals surface area (Å²) in [6.45, 7) is 11.0. The Hall–Kier alpha value is -1.81. The van der Waals surface area contributed by atoms with Crippen LogP contribution in [0.2, 0.25) is 0 Å². The van der Waals surface area contributed by atoms with E-state index in [1.54, 1.807) is 0 Å². The van der Waals surface area contributed by atoms with Crippen LogP contribution in [0.15, 0.2) is 18.2 Å². The third kappa shape index (κ3) is 3.29. The monoisotopic (exact) mass is 368 g/mol. The molecular formula is C23H32N2O2. The van der Waals surface area contributed by atoms with Gasteiger partial charge < -0.3 is 9.72 Å². The van der Waals surface area contributed by atoms with Crippen LogP contribution >= 0.6 is 0 Å². The molecule has 1 fully saturated rings. The minimum Gasteiger partial charge on any atom is -0.466 e. The Kier molecular flexibility index (Phi) is 5.02. The summed E-state index contributed by atoms with van der Waals surface area (Å²) in [5, 5.41) is 1.46. The zero-order chi connectivity index (χ0) is 19.1. The SMILES string of the molecule is CCCN1C[C@H](COC(C)=O)C[C@@H]2c3cccc4[nH]c(C(C)C)c(c34)C[C@H]21. The molecule has 2 aliphatic rings. The fraction of sp³-hybridized carbons (Fsp3) is 0.609. The minimum atomic E-state index is -0.167. The van der Waals surface area contributed by atoms with Crippen LogP contribution in [-0.2, 0) is 16.0 Å². The van der Waals surface area contributed by atoms with E-state index < -0.39 is 0 Å². The Labute approximate surface area is 162 Å². The maximum absolute atomic E-state index is 11.3. The smallest absolute Gasteiger partial charge is 0.302 e. The quantitative estimate of drug-likeness (QED) is 0.785. The second-order valence-corrected chi connectivity index (χ2v) is 8.72. The Morgan fingerprint density at radius 1 is 1.37 bits per heavy atom. The van der Waals surface area contributed by atoms with Crippen molar-refractivity contribution in [3.8, 4) is 0 Å². The molecule has 4 nitrogen and oxygen atoms in total. The molecule has 4 heteroatoms. The second-order valence-electron chi connectivity index (χ2n) is 8.72. The first-order valence-electron chi connectivity index (χ1n) is 10.5. The highest BCUT2D eigenvalue weighted by atomic mass is 16.5. The molecule has 4 rings (SSSR count). The molecule has 2 heterocycles. The van der Waals surface area contributed by atoms with Crippen molar-refractivity contribution in [3.63, 3.8) is 0 Å². The van der Waals surface area contributed by atoms with Gasteiger partial charge in [-0.2, -0.15) is 0 Å². The van der Waals surface area contributed by atoms with Gasteiger partial charge in [-0.3, -0.25) is 9.69 Å². The number of carbonyl (C=O) groups excluding carboxylic acids is 1. The molecule has 3 atom stereocenters. The summed E-state index contributed by atoms with van der Waals surface area (Å²) in [6.07, 6.45) is 3.40. The average molecular weight is 369 g/mol. The van der Waals surface area contributed by atoms with E-state index in [2.05, 4.69) is 48.9 Å². The van der Waals surface area contributed by atoms with Crippen LogP contribution in [0, 0.1) is 5.92 Å². The van der Waals surface area contributed by atoms with Gasteiger partial charge in [-0.25, -0.2) is 0 Å². The van der Waals surface area contributed by atoms with E-state index in [-0.39, 0.29) is 5.97 Å². The Balaban J connectivity index is 1.74. The average Bonchev–Trinajstić information content (AvgIpc) is 3.01. The number of nitrogens with one attached hydrogen (secondary N) is 1. The predicted molar refractivity (Wildman–Crippen MR) is 109 cm³/mol. The predicted octanol–water partition coefficient (Wildman–Crippen LogP) is 4.59. The van der Waals surface area contributed by atoms with Crippen molar-refractivity contribution < 1.29 is 9.53 Å². The van der Waals surface area contributed by atoms with Crippen LogP contribution in [0.3, 0.4) is 0 Å². The van der Waals surface area contributed by atoms with E-state index in [0.29, 0.717) is 30.4 Å². The van der Waals surface area contributed by atoms with E-state index in [1.165, 1.54) is 34.6 Å². The highest BCUT2D eigenvalue weighted by Gasteiger charge is 2.41. The fourth-order valence-corrected chi connectivity index (χ4v) is 5.41. The highest BCUT2D eigenvalue weighted by Crippen LogP contribution is 2.46. The van der Waals surface area contributed by atoms with Gasteiger partial charge in [0.05, 0.1) is 6.61 Å². The lowest BCUT2D eigenvalue weighted by Crippen LogP contribution is -2.51. The Morgan fingerprint density at radius 3 is 2.89 bits per heavy atom. The first-order chi connectivity index (χ1) is 13.0. The molecular weight excluding hydrogens is 336 g/mol. The molecule has 1 aromatic carbocycles. The number of likely N-dealkylation sites (tertiary alicyclic amines) is 1. The van der Waals surface area contributed by atoms with Crippen molar-refractivity contribution in [3.05, 3.63) is 35.0 Å². The van der Waals surface area contributed by atoms with E-state index in [9.17, 15) is 4.79 Å². The van der Waals surface area contributed by atoms with Crippen LogP contribution in [0.25, 0.3) is 10.9 Å². The molecule has 0 unspecified atom stereocenters. The van der Waals surface area contributed by atoms with Crippen LogP contribution in [0.1, 0.15) is 69.2 Å². The molecule has 0 radical (unpaired) electrons. The van der Waals surface area contributed by atoms with Gasteiger partial charge in [0.25, 0.3) is 0 Å². The minimum absolute atomic E-state index is 0.167. The van der Waals surface area contributed by atoms with Crippen LogP contribution in [0.5, 0.6) is 0 Å². The van der Waals surface area contributed by atoms with Crippen molar-refractivity contribution in [2.45, 2.75) is 64.8 Å². The van der Waals surface area contributed by atoms with Gasteiger partial charge in [-0.05, 0) is 48.9 Å². The van der Waals surface area contributed by atoms with E-state index >= 15 is 0 Å². The molecule has 27 heavy (non-hydrogen) atoms. The summed E-state index contributed by atoms with van der Waals surface area (Å²) in [5.41, 5.74) is 5.73. The van der Waals surface area contributed by atoms with E-state index in [1.807, 2.05) is 0 Å². The van der Waals surface area contributed by atoms with Gasteiger partial charge in [-0.15, -0.1) is 0 Å². The van der Waals surface area contributed by atoms with Crippen LogP contribution < -0.4 is 0 Å². The first kappa shape index (κ1) is 18.5. The molecule has 0 saturated carbocycles. The lowest BCUT2D eigenvalue weighted by molar-refractivity contribution is -0.143. The van der Waals surface area contributed by atoms with Gasteiger partial charge in [0.1, 0.15) is 0 Å². The number of benzene rings is 1. The van der Waals surface area contributed by atoms with Crippen molar-refractivity contribution in [2.75, 3.05) is 19.7 Å². The number of esters is 1. The molecule has 0 amide bonds. The lowest BCUT2D eigenvalue weighted by Gasteiger charge is -2.47. The summed E-state index contributed by atoms with van der Waals surface area (Å²) in [4.78, 5) is 17.7. The number of piperidine rings is 1. The largest absolute Gasteiger partial charge is 0.466 e. The number of fused-ring (bicyclic) bond motifs is 2. The number of hydrogen-bond donors (Lipinski definition) is 1. The van der Waals surface area contributed by atoms with E-state index in [4.69, 9.17) is 4.74 Å². The summed E-state index contributed by atoms with van der Waals surface area (Å²) < 4.78 is 5.39. The van der Waals surface area contributed by atoms with Crippen molar-refractivity contribution >= 4 is 16.9 Å². The molecule has 146 valence electrons. The van der Waals surface area contributed by atoms with Crippen molar-refractivity contribution in [1.82, 2.24) is 9.88 Å². The Bertz CT molecular complexity index is 838. The van der Waals surface area contributed by atoms with Gasteiger partial charge in [-0.1, -0.05) is 32.9 Å². The molecule has 1 N–H and O–H groups in total. The van der Waals surface area contributed by atoms with E-state index in [0.717, 1.165) is 32.4 Å². The number of rotatable bonds is 5. The fourth-order valence-electron chi connectivity index (χ4n) is 5.41. The lowest BCUT2D eigenvalue weighted by atomic mass is 9.71. The summed E-state index contributed by atoms with van der Waals surface area (Å²) in [5.74, 6) is 1.29. The number of carbonyl (C=O) groups is 1. The van der Waals surface area contributed by atoms with Gasteiger partial charge in [0.15, 0.2) is 0 Å². The summed E-state index contributed by atoms with van der Waals surface area (Å²) in [7, 11) is 0. The Morgan fingerprint density at radius 2 is 2.19 bits per heavy atom. The van der Waals surface area contributed by atoms with Crippen LogP contribution in [-0.4, -0.2) is 41.6 Å². The van der Waals surface area contributed by atoms with Crippen LogP contribution in [0.4, 0.5) is 0 Å². The zero-order valence-corrected chi connectivity index (χ0v) is 17.0. The van der Waals surface area contributed by atoms with Gasteiger partial charge in [0.2, 0.25) is 0 Å². The molecule has 1 aliphatic carbocycles. The summed E-state index contributed by atoms with van der Waals surface area (Å²) in [6, 6.07) is 7.31. The van der Waals surface area contributed by atoms with Crippen molar-refractivity contribution in [1.29, 1.82) is 0 Å². The van der Waals surface area contributed by atoms with Gasteiger partial charge >= 0.3 is 5.97 Å². The number of H-pyrrole nitrogens is 1. The maximum Gasteiger partial charge on any atom is 0.302 e. The topological polar surface area (TPSA) is 45.3 Å². The molecule has 0 bridgehead atoms. The number of aromatic amines is 1. The highest BCUT2D eigenvalue weighted by molar-refractivity contribution is 5.90. The third-order valence-corrected chi connectivity index (χ3v) is 6.43. The zero-order valence-electron chi connectivity index (χ0n) is 17.0. The van der Waals surface area contributed by atoms with Crippen molar-refractivity contribution in [2.24, 2.45) is 5.92 Å². The third-order valence-electron chi connectivity index (χ3n) is 6.43. The molecule has 1 aromatic heterocycles. The maximum atomic E-state index is 11.3. The normalized spacial score (nSPS) is 25.0. The number of ether oxygens (including phenoxy) is 1. The second kappa shape index (κ2) is 7.31. The molecule has 1 aliphatic heterocycles. The summed E-state index contributed by atoms with van der Waals surface area (Å²) >= 11 is 0. The molecule has 1 saturated heterocycles. The van der Waals surface area contributed by atoms with Gasteiger partial charge in [0, 0.05) is 47.9 Å².